The molecule has 166 valence electrons. The molecule has 1 fully saturated rings. The average molecular weight is 545 g/mol. The summed E-state index contributed by atoms with van der Waals surface area (Å²) in [4.78, 5) is 6.23. The van der Waals surface area contributed by atoms with Crippen LogP contribution in [0, 0.1) is 5.82 Å². The Labute approximate surface area is 208 Å². The largest absolute Gasteiger partial charge is 0.506 e. The number of halogens is 3. The maximum Gasteiger partial charge on any atom is 0.174 e. The molecular formula is C24H16BrClFN3O2S. The maximum absolute atomic E-state index is 14.6. The quantitative estimate of drug-likeness (QED) is 0.276. The Hall–Kier alpha value is -2.94. The number of pyridine rings is 1. The smallest absolute Gasteiger partial charge is 0.174 e. The van der Waals surface area contributed by atoms with Crippen molar-refractivity contribution in [2.24, 2.45) is 0 Å². The van der Waals surface area contributed by atoms with Crippen molar-refractivity contribution in [3.63, 3.8) is 0 Å². The van der Waals surface area contributed by atoms with Crippen molar-refractivity contribution in [2.45, 2.75) is 12.1 Å². The van der Waals surface area contributed by atoms with Gasteiger partial charge in [0.15, 0.2) is 5.11 Å². The van der Waals surface area contributed by atoms with Crippen LogP contribution in [0.4, 0.5) is 10.1 Å². The first-order valence-corrected chi connectivity index (χ1v) is 11.5. The maximum atomic E-state index is 14.6. The van der Waals surface area contributed by atoms with E-state index in [1.807, 2.05) is 18.2 Å². The molecular weight excluding hydrogens is 529 g/mol. The molecule has 1 saturated heterocycles. The number of furan rings is 1. The highest BCUT2D eigenvalue weighted by atomic mass is 79.9. The molecule has 1 aliphatic heterocycles. The van der Waals surface area contributed by atoms with E-state index in [2.05, 4.69) is 26.2 Å². The first-order chi connectivity index (χ1) is 15.9. The fraction of sp³-hybridized carbons (Fsp3) is 0.0833. The van der Waals surface area contributed by atoms with Gasteiger partial charge in [0.1, 0.15) is 29.1 Å². The molecule has 2 N–H and O–H groups in total. The van der Waals surface area contributed by atoms with Crippen LogP contribution in [0.5, 0.6) is 5.75 Å². The van der Waals surface area contributed by atoms with Gasteiger partial charge in [0.05, 0.1) is 23.0 Å². The third-order valence-electron chi connectivity index (χ3n) is 5.41. The van der Waals surface area contributed by atoms with Crippen LogP contribution < -0.4 is 10.2 Å². The molecule has 1 aliphatic rings. The van der Waals surface area contributed by atoms with Crippen LogP contribution in [0.1, 0.15) is 23.5 Å². The number of anilines is 1. The molecule has 5 nitrogen and oxygen atoms in total. The van der Waals surface area contributed by atoms with Crippen molar-refractivity contribution < 1.29 is 13.9 Å². The van der Waals surface area contributed by atoms with Crippen LogP contribution in [0.3, 0.4) is 0 Å². The molecule has 2 aromatic heterocycles. The second kappa shape index (κ2) is 8.78. The van der Waals surface area contributed by atoms with Crippen molar-refractivity contribution in [1.29, 1.82) is 0 Å². The molecule has 0 radical (unpaired) electrons. The summed E-state index contributed by atoms with van der Waals surface area (Å²) in [5.41, 5.74) is 1.50. The monoisotopic (exact) mass is 543 g/mol. The number of rotatable bonds is 4. The topological polar surface area (TPSA) is 61.5 Å². The van der Waals surface area contributed by atoms with E-state index < -0.39 is 11.9 Å². The van der Waals surface area contributed by atoms with Gasteiger partial charge in [-0.25, -0.2) is 4.39 Å². The molecule has 2 aromatic carbocycles. The number of hydrogen-bond donors (Lipinski definition) is 2. The second-order valence-electron chi connectivity index (χ2n) is 7.46. The third-order valence-corrected chi connectivity index (χ3v) is 6.45. The molecule has 4 aromatic rings. The Kier molecular flexibility index (Phi) is 5.82. The number of nitrogens with one attached hydrogen (secondary N) is 1. The predicted molar refractivity (Wildman–Crippen MR) is 133 cm³/mol. The minimum absolute atomic E-state index is 0.0148. The number of phenolic OH excluding ortho intramolecular Hbond substituents is 1. The number of aromatic hydroxyl groups is 1. The summed E-state index contributed by atoms with van der Waals surface area (Å²) in [7, 11) is 0. The Bertz CT molecular complexity index is 1350. The molecule has 0 saturated carbocycles. The fourth-order valence-electron chi connectivity index (χ4n) is 3.94. The Morgan fingerprint density at radius 2 is 1.97 bits per heavy atom. The highest BCUT2D eigenvalue weighted by Crippen LogP contribution is 2.46. The van der Waals surface area contributed by atoms with Gasteiger partial charge < -0.3 is 19.7 Å². The summed E-state index contributed by atoms with van der Waals surface area (Å²) in [6.45, 7) is 0. The van der Waals surface area contributed by atoms with E-state index >= 15 is 0 Å². The number of phenols is 1. The predicted octanol–water partition coefficient (Wildman–Crippen LogP) is 6.78. The molecule has 9 heteroatoms. The SMILES string of the molecule is Oc1ccc(Cl)cc1N1C(=S)NC(c2ccccn2)C1c1ccc(-c2ccc(Br)cc2F)o1. The number of aromatic nitrogens is 1. The lowest BCUT2D eigenvalue weighted by Gasteiger charge is -2.26. The van der Waals surface area contributed by atoms with Crippen molar-refractivity contribution in [3.8, 4) is 17.1 Å². The number of benzene rings is 2. The van der Waals surface area contributed by atoms with Gasteiger partial charge in [-0.05, 0) is 72.9 Å². The van der Waals surface area contributed by atoms with E-state index in [9.17, 15) is 9.50 Å². The van der Waals surface area contributed by atoms with E-state index in [0.717, 1.165) is 5.69 Å². The van der Waals surface area contributed by atoms with Gasteiger partial charge in [0.2, 0.25) is 0 Å². The zero-order chi connectivity index (χ0) is 23.1. The normalized spacial score (nSPS) is 17.9. The zero-order valence-electron chi connectivity index (χ0n) is 16.9. The molecule has 0 amide bonds. The van der Waals surface area contributed by atoms with E-state index in [4.69, 9.17) is 28.2 Å². The zero-order valence-corrected chi connectivity index (χ0v) is 20.0. The van der Waals surface area contributed by atoms with Gasteiger partial charge in [0, 0.05) is 15.7 Å². The third kappa shape index (κ3) is 4.10. The van der Waals surface area contributed by atoms with Crippen molar-refractivity contribution >= 4 is 50.5 Å². The van der Waals surface area contributed by atoms with Crippen molar-refractivity contribution in [3.05, 3.63) is 99.7 Å². The summed E-state index contributed by atoms with van der Waals surface area (Å²) >= 11 is 15.1. The van der Waals surface area contributed by atoms with E-state index in [1.54, 1.807) is 47.5 Å². The first kappa shape index (κ1) is 21.9. The summed E-state index contributed by atoms with van der Waals surface area (Å²) in [6.07, 6.45) is 1.70. The lowest BCUT2D eigenvalue weighted by molar-refractivity contribution is 0.433. The van der Waals surface area contributed by atoms with Crippen molar-refractivity contribution in [1.82, 2.24) is 10.3 Å². The molecule has 5 rings (SSSR count). The van der Waals surface area contributed by atoms with Crippen LogP contribution >= 0.6 is 39.7 Å². The number of nitrogens with zero attached hydrogens (tertiary/aromatic N) is 2. The number of hydrogen-bond acceptors (Lipinski definition) is 4. The van der Waals surface area contributed by atoms with Gasteiger partial charge in [0.25, 0.3) is 0 Å². The second-order valence-corrected chi connectivity index (χ2v) is 9.19. The summed E-state index contributed by atoms with van der Waals surface area (Å²) in [6, 6.07) is 17.7. The summed E-state index contributed by atoms with van der Waals surface area (Å²) in [5.74, 6) is 0.509. The van der Waals surface area contributed by atoms with E-state index in [-0.39, 0.29) is 11.8 Å². The minimum atomic E-state index is -0.510. The van der Waals surface area contributed by atoms with Crippen LogP contribution in [-0.4, -0.2) is 15.2 Å². The van der Waals surface area contributed by atoms with Gasteiger partial charge in [-0.1, -0.05) is 33.6 Å². The van der Waals surface area contributed by atoms with Gasteiger partial charge in [-0.3, -0.25) is 4.98 Å². The van der Waals surface area contributed by atoms with E-state index in [1.165, 1.54) is 12.1 Å². The van der Waals surface area contributed by atoms with Gasteiger partial charge >= 0.3 is 0 Å². The summed E-state index contributed by atoms with van der Waals surface area (Å²) in [5, 5.41) is 14.7. The number of thiocarbonyl (C=S) groups is 1. The van der Waals surface area contributed by atoms with Crippen LogP contribution in [-0.2, 0) is 0 Å². The van der Waals surface area contributed by atoms with Crippen LogP contribution in [0.2, 0.25) is 5.02 Å². The molecule has 0 aliphatic carbocycles. The molecule has 0 spiro atoms. The van der Waals surface area contributed by atoms with Gasteiger partial charge in [-0.2, -0.15) is 0 Å². The highest BCUT2D eigenvalue weighted by Gasteiger charge is 2.43. The highest BCUT2D eigenvalue weighted by molar-refractivity contribution is 9.10. The van der Waals surface area contributed by atoms with Crippen LogP contribution in [0.25, 0.3) is 11.3 Å². The Morgan fingerprint density at radius 3 is 2.73 bits per heavy atom. The molecule has 33 heavy (non-hydrogen) atoms. The Balaban J connectivity index is 1.63. The van der Waals surface area contributed by atoms with Crippen LogP contribution in [0.15, 0.2) is 81.8 Å². The molecule has 2 unspecified atom stereocenters. The molecule has 2 atom stereocenters. The lowest BCUT2D eigenvalue weighted by atomic mass is 10.0. The average Bonchev–Trinajstić information content (AvgIpc) is 3.40. The first-order valence-electron chi connectivity index (χ1n) is 9.96. The minimum Gasteiger partial charge on any atom is -0.506 e. The Morgan fingerprint density at radius 1 is 1.12 bits per heavy atom. The van der Waals surface area contributed by atoms with E-state index in [0.29, 0.717) is 37.4 Å². The standard InChI is InChI=1S/C24H16BrClFN3O2S/c25-13-4-6-15(16(27)11-13)20-8-9-21(32-20)23-22(17-3-1-2-10-28-17)29-24(33)30(23)18-12-14(26)5-7-19(18)31/h1-12,22-23,31H,(H,29,33). The van der Waals surface area contributed by atoms with Crippen molar-refractivity contribution in [2.75, 3.05) is 4.90 Å². The molecule has 3 heterocycles. The lowest BCUT2D eigenvalue weighted by Crippen LogP contribution is -2.29. The fourth-order valence-corrected chi connectivity index (χ4v) is 4.78. The molecule has 0 bridgehead atoms. The van der Waals surface area contributed by atoms with Gasteiger partial charge in [-0.15, -0.1) is 0 Å². The summed E-state index contributed by atoms with van der Waals surface area (Å²) < 4.78 is 21.4.